The lowest BCUT2D eigenvalue weighted by Crippen LogP contribution is -2.35. The van der Waals surface area contributed by atoms with Crippen molar-refractivity contribution in [2.75, 3.05) is 6.54 Å². The molecular weight excluding hydrogens is 359 g/mol. The first-order chi connectivity index (χ1) is 11.8. The highest BCUT2D eigenvalue weighted by molar-refractivity contribution is 6.42. The van der Waals surface area contributed by atoms with Crippen LogP contribution in [0, 0.1) is 0 Å². The number of amides is 1. The minimum atomic E-state index is -0.521. The normalized spacial score (nSPS) is 11.2. The molecule has 134 valence electrons. The minimum absolute atomic E-state index is 0.418. The molecular formula is C19H23Cl2N2O2+. The summed E-state index contributed by atoms with van der Waals surface area (Å²) in [6, 6.07) is 9.68. The zero-order valence-electron chi connectivity index (χ0n) is 14.7. The number of carbonyl (C=O) groups excluding carboxylic acids is 1. The highest BCUT2D eigenvalue weighted by Gasteiger charge is 2.17. The average Bonchev–Trinajstić information content (AvgIpc) is 2.53. The van der Waals surface area contributed by atoms with E-state index in [0.29, 0.717) is 29.6 Å². The third kappa shape index (κ3) is 6.22. The minimum Gasteiger partial charge on any atom is -0.444 e. The van der Waals surface area contributed by atoms with Gasteiger partial charge in [-0.3, -0.25) is 0 Å². The summed E-state index contributed by atoms with van der Waals surface area (Å²) in [7, 11) is 0. The van der Waals surface area contributed by atoms with Gasteiger partial charge in [0.25, 0.3) is 0 Å². The summed E-state index contributed by atoms with van der Waals surface area (Å²) in [5.41, 5.74) is 1.48. The standard InChI is InChI=1S/C19H22Cl2N2O2/c1-19(2,3)25-18(24)22-10-9-15-14(7-8-16(20)17(15)21)13-23-11-5-4-6-12-23/h4-8,11-12H,9-10,13H2,1-3H3/p+1. The molecule has 0 bridgehead atoms. The van der Waals surface area contributed by atoms with Crippen LogP contribution in [0.2, 0.25) is 10.0 Å². The summed E-state index contributed by atoms with van der Waals surface area (Å²) in [5, 5.41) is 3.80. The molecule has 0 spiro atoms. The Kier molecular flexibility index (Phi) is 6.68. The number of rotatable bonds is 5. The molecule has 0 saturated heterocycles. The molecule has 0 radical (unpaired) electrons. The van der Waals surface area contributed by atoms with Crippen molar-refractivity contribution in [3.8, 4) is 0 Å². The molecule has 25 heavy (non-hydrogen) atoms. The van der Waals surface area contributed by atoms with Crippen LogP contribution in [-0.2, 0) is 17.7 Å². The van der Waals surface area contributed by atoms with Crippen LogP contribution in [0.4, 0.5) is 4.79 Å². The van der Waals surface area contributed by atoms with Crippen molar-refractivity contribution in [2.45, 2.75) is 39.3 Å². The Morgan fingerprint density at radius 1 is 1.16 bits per heavy atom. The van der Waals surface area contributed by atoms with Crippen LogP contribution in [0.15, 0.2) is 42.7 Å². The van der Waals surface area contributed by atoms with E-state index in [1.807, 2.05) is 57.4 Å². The van der Waals surface area contributed by atoms with E-state index in [1.165, 1.54) is 0 Å². The van der Waals surface area contributed by atoms with Gasteiger partial charge in [-0.25, -0.2) is 9.36 Å². The van der Waals surface area contributed by atoms with Crippen molar-refractivity contribution in [2.24, 2.45) is 0 Å². The quantitative estimate of drug-likeness (QED) is 0.779. The Balaban J connectivity index is 2.08. The number of hydrogen-bond donors (Lipinski definition) is 1. The van der Waals surface area contributed by atoms with E-state index in [-0.39, 0.29) is 0 Å². The Morgan fingerprint density at radius 3 is 2.48 bits per heavy atom. The van der Waals surface area contributed by atoms with E-state index >= 15 is 0 Å². The second-order valence-electron chi connectivity index (χ2n) is 6.73. The van der Waals surface area contributed by atoms with Gasteiger partial charge in [0.1, 0.15) is 5.60 Å². The number of ether oxygens (including phenoxy) is 1. The van der Waals surface area contributed by atoms with Crippen LogP contribution in [0.25, 0.3) is 0 Å². The summed E-state index contributed by atoms with van der Waals surface area (Å²) in [6.07, 6.45) is 4.11. The zero-order valence-corrected chi connectivity index (χ0v) is 16.2. The predicted molar refractivity (Wildman–Crippen MR) is 100 cm³/mol. The molecule has 4 nitrogen and oxygen atoms in total. The fraction of sp³-hybridized carbons (Fsp3) is 0.368. The van der Waals surface area contributed by atoms with E-state index in [1.54, 1.807) is 6.07 Å². The molecule has 0 aliphatic rings. The number of benzene rings is 1. The second kappa shape index (κ2) is 8.54. The van der Waals surface area contributed by atoms with Gasteiger partial charge in [-0.1, -0.05) is 35.3 Å². The Bertz CT molecular complexity index is 728. The van der Waals surface area contributed by atoms with Crippen molar-refractivity contribution < 1.29 is 14.1 Å². The number of nitrogens with one attached hydrogen (secondary N) is 1. The van der Waals surface area contributed by atoms with Gasteiger partial charge in [-0.05, 0) is 38.8 Å². The zero-order chi connectivity index (χ0) is 18.4. The van der Waals surface area contributed by atoms with Gasteiger partial charge in [0, 0.05) is 24.2 Å². The van der Waals surface area contributed by atoms with E-state index in [2.05, 4.69) is 9.88 Å². The summed E-state index contributed by atoms with van der Waals surface area (Å²) in [4.78, 5) is 11.8. The van der Waals surface area contributed by atoms with Gasteiger partial charge in [0.05, 0.1) is 10.0 Å². The van der Waals surface area contributed by atoms with Gasteiger partial charge >= 0.3 is 6.09 Å². The SMILES string of the molecule is CC(C)(C)OC(=O)NCCc1c(C[n+]2ccccc2)ccc(Cl)c1Cl. The molecule has 1 N–H and O–H groups in total. The summed E-state index contributed by atoms with van der Waals surface area (Å²) in [5.74, 6) is 0. The largest absolute Gasteiger partial charge is 0.444 e. The monoisotopic (exact) mass is 381 g/mol. The van der Waals surface area contributed by atoms with Crippen LogP contribution in [0.5, 0.6) is 0 Å². The predicted octanol–water partition coefficient (Wildman–Crippen LogP) is 4.40. The lowest BCUT2D eigenvalue weighted by Gasteiger charge is -2.20. The maximum Gasteiger partial charge on any atom is 0.407 e. The van der Waals surface area contributed by atoms with Crippen molar-refractivity contribution in [1.82, 2.24) is 5.32 Å². The van der Waals surface area contributed by atoms with Crippen molar-refractivity contribution in [3.05, 3.63) is 63.9 Å². The third-order valence-electron chi connectivity index (χ3n) is 3.47. The molecule has 0 saturated carbocycles. The molecule has 6 heteroatoms. The van der Waals surface area contributed by atoms with Gasteiger partial charge in [-0.15, -0.1) is 0 Å². The van der Waals surface area contributed by atoms with Gasteiger partial charge in [0.15, 0.2) is 18.9 Å². The summed E-state index contributed by atoms with van der Waals surface area (Å²) in [6.45, 7) is 6.59. The number of halogens is 2. The van der Waals surface area contributed by atoms with Gasteiger partial charge < -0.3 is 10.1 Å². The van der Waals surface area contributed by atoms with Crippen LogP contribution < -0.4 is 9.88 Å². The van der Waals surface area contributed by atoms with Gasteiger partial charge in [-0.2, -0.15) is 0 Å². The number of aromatic nitrogens is 1. The first-order valence-electron chi connectivity index (χ1n) is 8.13. The first-order valence-corrected chi connectivity index (χ1v) is 8.88. The lowest BCUT2D eigenvalue weighted by molar-refractivity contribution is -0.688. The number of nitrogens with zero attached hydrogens (tertiary/aromatic N) is 1. The Hall–Kier alpha value is -1.78. The van der Waals surface area contributed by atoms with Crippen LogP contribution in [-0.4, -0.2) is 18.2 Å². The maximum absolute atomic E-state index is 11.8. The average molecular weight is 382 g/mol. The van der Waals surface area contributed by atoms with Crippen LogP contribution >= 0.6 is 23.2 Å². The molecule has 0 fully saturated rings. The van der Waals surface area contributed by atoms with E-state index < -0.39 is 11.7 Å². The summed E-state index contributed by atoms with van der Waals surface area (Å²) >= 11 is 12.6. The number of pyridine rings is 1. The fourth-order valence-corrected chi connectivity index (χ4v) is 2.85. The molecule has 0 unspecified atom stereocenters. The van der Waals surface area contributed by atoms with E-state index in [0.717, 1.165) is 11.1 Å². The van der Waals surface area contributed by atoms with Crippen molar-refractivity contribution in [3.63, 3.8) is 0 Å². The van der Waals surface area contributed by atoms with Crippen LogP contribution in [0.3, 0.4) is 0 Å². The number of carbonyl (C=O) groups is 1. The smallest absolute Gasteiger partial charge is 0.407 e. The van der Waals surface area contributed by atoms with Crippen molar-refractivity contribution >= 4 is 29.3 Å². The molecule has 2 aromatic rings. The Morgan fingerprint density at radius 2 is 1.84 bits per heavy atom. The molecule has 0 aliphatic carbocycles. The molecule has 1 amide bonds. The first kappa shape index (κ1) is 19.5. The number of alkyl carbamates (subject to hydrolysis) is 1. The lowest BCUT2D eigenvalue weighted by atomic mass is 10.0. The topological polar surface area (TPSA) is 42.2 Å². The highest BCUT2D eigenvalue weighted by Crippen LogP contribution is 2.29. The van der Waals surface area contributed by atoms with E-state index in [4.69, 9.17) is 27.9 Å². The van der Waals surface area contributed by atoms with Crippen LogP contribution in [0.1, 0.15) is 31.9 Å². The highest BCUT2D eigenvalue weighted by atomic mass is 35.5. The molecule has 0 aliphatic heterocycles. The third-order valence-corrected chi connectivity index (χ3v) is 4.31. The fourth-order valence-electron chi connectivity index (χ4n) is 2.39. The molecule has 1 aromatic carbocycles. The van der Waals surface area contributed by atoms with Gasteiger partial charge in [0.2, 0.25) is 0 Å². The molecule has 1 aromatic heterocycles. The summed E-state index contributed by atoms with van der Waals surface area (Å²) < 4.78 is 7.30. The Labute approximate surface area is 158 Å². The molecule has 1 heterocycles. The maximum atomic E-state index is 11.8. The van der Waals surface area contributed by atoms with Crippen molar-refractivity contribution in [1.29, 1.82) is 0 Å². The van der Waals surface area contributed by atoms with E-state index in [9.17, 15) is 4.79 Å². The number of hydrogen-bond acceptors (Lipinski definition) is 2. The molecule has 2 rings (SSSR count). The molecule has 0 atom stereocenters. The second-order valence-corrected chi connectivity index (χ2v) is 7.51.